The summed E-state index contributed by atoms with van der Waals surface area (Å²) in [5.74, 6) is 1.58. The molecular formula is C23H23ClN2O4. The number of nitrogens with zero attached hydrogens (tertiary/aromatic N) is 1. The Hall–Kier alpha value is -2.70. The molecule has 5 rings (SSSR count). The highest BCUT2D eigenvalue weighted by molar-refractivity contribution is 6.31. The number of piperidine rings is 1. The molecule has 6 nitrogen and oxygen atoms in total. The summed E-state index contributed by atoms with van der Waals surface area (Å²) in [5.41, 5.74) is 2.22. The maximum Gasteiger partial charge on any atom is 0.197 e. The Morgan fingerprint density at radius 3 is 2.87 bits per heavy atom. The standard InChI is InChI=1S/C23H23ClN2O4/c24-16-3-5-20-19(10-16)23(27)15(14-30-20)12-26-7-1-2-18(13-26)25-17-4-6-21-22(11-17)29-9-8-28-21/h3-6,10-11,14,18,25H,1-2,7-9,12-13H2. The second-order valence-electron chi connectivity index (χ2n) is 7.81. The van der Waals surface area contributed by atoms with Gasteiger partial charge in [-0.15, -0.1) is 0 Å². The fourth-order valence-corrected chi connectivity index (χ4v) is 4.35. The Balaban J connectivity index is 1.28. The van der Waals surface area contributed by atoms with E-state index in [1.807, 2.05) is 18.2 Å². The average molecular weight is 427 g/mol. The van der Waals surface area contributed by atoms with Crippen LogP contribution in [0.3, 0.4) is 0 Å². The van der Waals surface area contributed by atoms with E-state index < -0.39 is 0 Å². The number of hydrogen-bond acceptors (Lipinski definition) is 6. The minimum absolute atomic E-state index is 0.0133. The van der Waals surface area contributed by atoms with Crippen LogP contribution in [0.15, 0.2) is 51.9 Å². The van der Waals surface area contributed by atoms with Crippen molar-refractivity contribution in [3.63, 3.8) is 0 Å². The van der Waals surface area contributed by atoms with Crippen molar-refractivity contribution in [2.45, 2.75) is 25.4 Å². The highest BCUT2D eigenvalue weighted by Gasteiger charge is 2.22. The van der Waals surface area contributed by atoms with Crippen molar-refractivity contribution < 1.29 is 13.9 Å². The van der Waals surface area contributed by atoms with Crippen molar-refractivity contribution in [1.29, 1.82) is 0 Å². The minimum Gasteiger partial charge on any atom is -0.486 e. The molecule has 2 aromatic carbocycles. The molecule has 3 aromatic rings. The molecule has 0 spiro atoms. The van der Waals surface area contributed by atoms with Crippen LogP contribution in [-0.4, -0.2) is 37.2 Å². The predicted molar refractivity (Wildman–Crippen MR) is 117 cm³/mol. The van der Waals surface area contributed by atoms with Gasteiger partial charge in [0.1, 0.15) is 18.8 Å². The molecule has 2 aliphatic heterocycles. The number of benzene rings is 2. The molecule has 1 N–H and O–H groups in total. The predicted octanol–water partition coefficient (Wildman–Crippen LogP) is 4.29. The maximum absolute atomic E-state index is 12.9. The molecule has 156 valence electrons. The lowest BCUT2D eigenvalue weighted by atomic mass is 10.0. The first-order chi connectivity index (χ1) is 14.7. The molecule has 1 aromatic heterocycles. The number of halogens is 1. The van der Waals surface area contributed by atoms with Crippen molar-refractivity contribution in [1.82, 2.24) is 4.90 Å². The van der Waals surface area contributed by atoms with Crippen LogP contribution in [0.2, 0.25) is 5.02 Å². The zero-order chi connectivity index (χ0) is 20.5. The third kappa shape index (κ3) is 3.98. The summed E-state index contributed by atoms with van der Waals surface area (Å²) in [6.45, 7) is 3.53. The molecule has 30 heavy (non-hydrogen) atoms. The lowest BCUT2D eigenvalue weighted by Gasteiger charge is -2.33. The summed E-state index contributed by atoms with van der Waals surface area (Å²) in [6.07, 6.45) is 3.72. The van der Waals surface area contributed by atoms with E-state index in [2.05, 4.69) is 10.2 Å². The molecule has 1 fully saturated rings. The number of hydrogen-bond donors (Lipinski definition) is 1. The zero-order valence-electron chi connectivity index (χ0n) is 16.5. The lowest BCUT2D eigenvalue weighted by Crippen LogP contribution is -2.42. The number of fused-ring (bicyclic) bond motifs is 2. The van der Waals surface area contributed by atoms with Gasteiger partial charge in [0.05, 0.1) is 11.6 Å². The van der Waals surface area contributed by atoms with Crippen molar-refractivity contribution in [2.75, 3.05) is 31.6 Å². The molecule has 1 unspecified atom stereocenters. The number of rotatable bonds is 4. The molecule has 7 heteroatoms. The van der Waals surface area contributed by atoms with Gasteiger partial charge >= 0.3 is 0 Å². The Kier molecular flexibility index (Phi) is 5.27. The van der Waals surface area contributed by atoms with Crippen LogP contribution in [0.4, 0.5) is 5.69 Å². The normalized spacial score (nSPS) is 19.0. The van der Waals surface area contributed by atoms with E-state index in [4.69, 9.17) is 25.5 Å². The van der Waals surface area contributed by atoms with Gasteiger partial charge < -0.3 is 19.2 Å². The van der Waals surface area contributed by atoms with Gasteiger partial charge in [-0.05, 0) is 49.7 Å². The molecule has 0 radical (unpaired) electrons. The quantitative estimate of drug-likeness (QED) is 0.671. The van der Waals surface area contributed by atoms with Crippen LogP contribution in [0.1, 0.15) is 18.4 Å². The Morgan fingerprint density at radius 1 is 1.10 bits per heavy atom. The molecule has 2 aliphatic rings. The fourth-order valence-electron chi connectivity index (χ4n) is 4.18. The maximum atomic E-state index is 12.9. The number of nitrogens with one attached hydrogen (secondary N) is 1. The van der Waals surface area contributed by atoms with Crippen LogP contribution in [0, 0.1) is 0 Å². The highest BCUT2D eigenvalue weighted by Crippen LogP contribution is 2.33. The smallest absolute Gasteiger partial charge is 0.197 e. The van der Waals surface area contributed by atoms with Crippen molar-refractivity contribution in [3.8, 4) is 11.5 Å². The topological polar surface area (TPSA) is 63.9 Å². The van der Waals surface area contributed by atoms with E-state index in [1.165, 1.54) is 0 Å². The molecule has 0 bridgehead atoms. The summed E-state index contributed by atoms with van der Waals surface area (Å²) < 4.78 is 16.9. The molecule has 0 aliphatic carbocycles. The second-order valence-corrected chi connectivity index (χ2v) is 8.24. The SMILES string of the molecule is O=c1c(CN2CCCC(Nc3ccc4c(c3)OCCO4)C2)coc2ccc(Cl)cc12. The van der Waals surface area contributed by atoms with Crippen molar-refractivity contribution in [3.05, 3.63) is 63.5 Å². The Labute approximate surface area is 179 Å². The van der Waals surface area contributed by atoms with Crippen molar-refractivity contribution in [2.24, 2.45) is 0 Å². The average Bonchev–Trinajstić information content (AvgIpc) is 2.76. The van der Waals surface area contributed by atoms with E-state index in [9.17, 15) is 4.79 Å². The van der Waals surface area contributed by atoms with Gasteiger partial charge in [0.2, 0.25) is 0 Å². The van der Waals surface area contributed by atoms with Gasteiger partial charge in [0, 0.05) is 41.5 Å². The second kappa shape index (κ2) is 8.20. The molecule has 0 amide bonds. The Bertz CT molecular complexity index is 1130. The van der Waals surface area contributed by atoms with E-state index >= 15 is 0 Å². The van der Waals surface area contributed by atoms with Crippen LogP contribution < -0.4 is 20.2 Å². The monoisotopic (exact) mass is 426 g/mol. The van der Waals surface area contributed by atoms with Gasteiger partial charge in [0.25, 0.3) is 0 Å². The Morgan fingerprint density at radius 2 is 1.97 bits per heavy atom. The van der Waals surface area contributed by atoms with Crippen LogP contribution in [0.5, 0.6) is 11.5 Å². The third-order valence-electron chi connectivity index (χ3n) is 5.62. The first-order valence-corrected chi connectivity index (χ1v) is 10.6. The van der Waals surface area contributed by atoms with Gasteiger partial charge in [-0.1, -0.05) is 11.6 Å². The summed E-state index contributed by atoms with van der Waals surface area (Å²) >= 11 is 6.06. The highest BCUT2D eigenvalue weighted by atomic mass is 35.5. The zero-order valence-corrected chi connectivity index (χ0v) is 17.3. The summed E-state index contributed by atoms with van der Waals surface area (Å²) in [4.78, 5) is 15.2. The van der Waals surface area contributed by atoms with E-state index in [0.717, 1.165) is 43.1 Å². The summed E-state index contributed by atoms with van der Waals surface area (Å²) in [5, 5.41) is 4.67. The van der Waals surface area contributed by atoms with Gasteiger partial charge in [-0.3, -0.25) is 9.69 Å². The van der Waals surface area contributed by atoms with Crippen molar-refractivity contribution >= 4 is 28.3 Å². The lowest BCUT2D eigenvalue weighted by molar-refractivity contribution is 0.171. The summed E-state index contributed by atoms with van der Waals surface area (Å²) in [7, 11) is 0. The minimum atomic E-state index is -0.0133. The molecular weight excluding hydrogens is 404 g/mol. The first kappa shape index (κ1) is 19.3. The van der Waals surface area contributed by atoms with Crippen LogP contribution in [0.25, 0.3) is 11.0 Å². The molecule has 1 atom stereocenters. The summed E-state index contributed by atoms with van der Waals surface area (Å²) in [6, 6.07) is 11.4. The number of anilines is 1. The molecule has 3 heterocycles. The van der Waals surface area contributed by atoms with Gasteiger partial charge in [-0.2, -0.15) is 0 Å². The van der Waals surface area contributed by atoms with E-state index in [0.29, 0.717) is 47.4 Å². The molecule has 0 saturated carbocycles. The van der Waals surface area contributed by atoms with Gasteiger partial charge in [-0.25, -0.2) is 0 Å². The largest absolute Gasteiger partial charge is 0.486 e. The number of ether oxygens (including phenoxy) is 2. The third-order valence-corrected chi connectivity index (χ3v) is 5.85. The van der Waals surface area contributed by atoms with Crippen LogP contribution >= 0.6 is 11.6 Å². The van der Waals surface area contributed by atoms with E-state index in [-0.39, 0.29) is 5.43 Å². The van der Waals surface area contributed by atoms with E-state index in [1.54, 1.807) is 24.5 Å². The number of likely N-dealkylation sites (tertiary alicyclic amines) is 1. The molecule has 1 saturated heterocycles. The van der Waals surface area contributed by atoms with Gasteiger partial charge in [0.15, 0.2) is 16.9 Å². The van der Waals surface area contributed by atoms with Crippen LogP contribution in [-0.2, 0) is 6.54 Å². The fraction of sp³-hybridized carbons (Fsp3) is 0.348. The first-order valence-electron chi connectivity index (χ1n) is 10.2.